The summed E-state index contributed by atoms with van der Waals surface area (Å²) in [5.74, 6) is -1.21. The van der Waals surface area contributed by atoms with Crippen molar-refractivity contribution in [3.8, 4) is 0 Å². The van der Waals surface area contributed by atoms with Gasteiger partial charge in [-0.15, -0.1) is 0 Å². The van der Waals surface area contributed by atoms with E-state index >= 15 is 0 Å². The van der Waals surface area contributed by atoms with Crippen molar-refractivity contribution in [3.63, 3.8) is 0 Å². The maximum atomic E-state index is 10.9. The Bertz CT molecular complexity index is 623. The summed E-state index contributed by atoms with van der Waals surface area (Å²) >= 11 is 6.01. The monoisotopic (exact) mass is 272 g/mol. The van der Waals surface area contributed by atoms with Crippen LogP contribution in [-0.2, 0) is 6.54 Å². The predicted molar refractivity (Wildman–Crippen MR) is 73.5 cm³/mol. The van der Waals surface area contributed by atoms with Gasteiger partial charge >= 0.3 is 0 Å². The molecule has 0 heterocycles. The smallest absolute Gasteiger partial charge is 0.0721 e. The molecule has 0 spiro atoms. The van der Waals surface area contributed by atoms with E-state index in [1.54, 1.807) is 24.3 Å². The van der Waals surface area contributed by atoms with E-state index in [0.29, 0.717) is 17.1 Å². The topological polar surface area (TPSA) is 52.5 Å². The van der Waals surface area contributed by atoms with Gasteiger partial charge in [-0.1, -0.05) is 54.1 Å². The van der Waals surface area contributed by atoms with E-state index in [-0.39, 0.29) is 5.56 Å². The Morgan fingerprint density at radius 1 is 1.16 bits per heavy atom. The van der Waals surface area contributed by atoms with Gasteiger partial charge in [0, 0.05) is 22.4 Å². The van der Waals surface area contributed by atoms with Gasteiger partial charge in [0.2, 0.25) is 0 Å². The molecule has 0 bridgehead atoms. The predicted octanol–water partition coefficient (Wildman–Crippen LogP) is 2.32. The second-order valence-electron chi connectivity index (χ2n) is 3.94. The Balaban J connectivity index is 2.16. The van der Waals surface area contributed by atoms with E-state index in [2.05, 4.69) is 4.99 Å². The number of carboxylic acids is 1. The summed E-state index contributed by atoms with van der Waals surface area (Å²) in [5, 5.41) is 11.6. The standard InChI is InChI=1S/C15H12ClNO2/c16-14-8-4-2-6-12(14)10-17-9-11-5-1-3-7-13(11)15(18)19/h1-9H,10H2,(H,18,19)/p-1. The SMILES string of the molecule is O=C([O-])c1ccccc1C=NCc1ccccc1Cl. The van der Waals surface area contributed by atoms with Gasteiger partial charge < -0.3 is 9.90 Å². The van der Waals surface area contributed by atoms with Crippen LogP contribution < -0.4 is 5.11 Å². The van der Waals surface area contributed by atoms with E-state index in [4.69, 9.17) is 11.6 Å². The summed E-state index contributed by atoms with van der Waals surface area (Å²) < 4.78 is 0. The molecule has 2 aromatic rings. The van der Waals surface area contributed by atoms with Crippen LogP contribution in [0.1, 0.15) is 21.5 Å². The minimum Gasteiger partial charge on any atom is -0.545 e. The number of rotatable bonds is 4. The number of aliphatic imine (C=N–C) groups is 1. The third-order valence-corrected chi connectivity index (χ3v) is 3.00. The molecule has 0 aliphatic rings. The lowest BCUT2D eigenvalue weighted by Crippen LogP contribution is -2.23. The first kappa shape index (κ1) is 13.3. The number of benzene rings is 2. The molecular formula is C15H11ClNO2-. The van der Waals surface area contributed by atoms with Crippen LogP contribution in [0.25, 0.3) is 0 Å². The van der Waals surface area contributed by atoms with Crippen molar-refractivity contribution in [3.05, 3.63) is 70.2 Å². The van der Waals surface area contributed by atoms with E-state index in [0.717, 1.165) is 5.56 Å². The van der Waals surface area contributed by atoms with Crippen LogP contribution in [0.3, 0.4) is 0 Å². The highest BCUT2D eigenvalue weighted by molar-refractivity contribution is 6.31. The highest BCUT2D eigenvalue weighted by Crippen LogP contribution is 2.15. The summed E-state index contributed by atoms with van der Waals surface area (Å²) in [7, 11) is 0. The minimum absolute atomic E-state index is 0.130. The van der Waals surface area contributed by atoms with Crippen LogP contribution in [0.2, 0.25) is 5.02 Å². The molecule has 2 aromatic carbocycles. The van der Waals surface area contributed by atoms with Gasteiger partial charge in [-0.2, -0.15) is 0 Å². The van der Waals surface area contributed by atoms with Gasteiger partial charge in [-0.05, 0) is 11.6 Å². The van der Waals surface area contributed by atoms with E-state index < -0.39 is 5.97 Å². The van der Waals surface area contributed by atoms with Crippen molar-refractivity contribution in [2.75, 3.05) is 0 Å². The fraction of sp³-hybridized carbons (Fsp3) is 0.0667. The average Bonchev–Trinajstić information content (AvgIpc) is 2.41. The molecule has 0 unspecified atom stereocenters. The number of carboxylic acid groups (broad SMARTS) is 1. The lowest BCUT2D eigenvalue weighted by Gasteiger charge is -2.05. The number of aromatic carboxylic acids is 1. The molecule has 0 amide bonds. The normalized spacial score (nSPS) is 10.8. The number of carbonyl (C=O) groups is 1. The molecule has 0 fully saturated rings. The molecule has 4 heteroatoms. The summed E-state index contributed by atoms with van der Waals surface area (Å²) in [6.07, 6.45) is 1.52. The molecule has 0 aromatic heterocycles. The molecule has 0 saturated carbocycles. The minimum atomic E-state index is -1.21. The summed E-state index contributed by atoms with van der Waals surface area (Å²) in [5.41, 5.74) is 1.55. The zero-order chi connectivity index (χ0) is 13.7. The van der Waals surface area contributed by atoms with Gasteiger partial charge in [0.1, 0.15) is 0 Å². The molecule has 0 aliphatic carbocycles. The third kappa shape index (κ3) is 3.42. The van der Waals surface area contributed by atoms with Crippen molar-refractivity contribution in [1.82, 2.24) is 0 Å². The first-order chi connectivity index (χ1) is 9.18. The van der Waals surface area contributed by atoms with E-state index in [1.165, 1.54) is 12.3 Å². The molecule has 0 atom stereocenters. The summed E-state index contributed by atoms with van der Waals surface area (Å²) in [6.45, 7) is 0.404. The van der Waals surface area contributed by atoms with Crippen LogP contribution in [0.4, 0.5) is 0 Å². The molecule has 19 heavy (non-hydrogen) atoms. The zero-order valence-corrected chi connectivity index (χ0v) is 10.8. The molecule has 0 radical (unpaired) electrons. The average molecular weight is 273 g/mol. The quantitative estimate of drug-likeness (QED) is 0.802. The van der Waals surface area contributed by atoms with Crippen molar-refractivity contribution in [2.45, 2.75) is 6.54 Å². The largest absolute Gasteiger partial charge is 0.545 e. The van der Waals surface area contributed by atoms with Gasteiger partial charge in [0.05, 0.1) is 12.5 Å². The van der Waals surface area contributed by atoms with Crippen molar-refractivity contribution >= 4 is 23.8 Å². The fourth-order valence-corrected chi connectivity index (χ4v) is 1.86. The van der Waals surface area contributed by atoms with Crippen LogP contribution in [0.5, 0.6) is 0 Å². The summed E-state index contributed by atoms with van der Waals surface area (Å²) in [4.78, 5) is 15.1. The lowest BCUT2D eigenvalue weighted by molar-refractivity contribution is -0.255. The number of hydrogen-bond acceptors (Lipinski definition) is 3. The fourth-order valence-electron chi connectivity index (χ4n) is 1.66. The number of carbonyl (C=O) groups excluding carboxylic acids is 1. The van der Waals surface area contributed by atoms with Crippen molar-refractivity contribution < 1.29 is 9.90 Å². The van der Waals surface area contributed by atoms with Gasteiger partial charge in [-0.25, -0.2) is 0 Å². The van der Waals surface area contributed by atoms with Gasteiger partial charge in [0.25, 0.3) is 0 Å². The van der Waals surface area contributed by atoms with E-state index in [1.807, 2.05) is 18.2 Å². The van der Waals surface area contributed by atoms with Crippen LogP contribution in [0, 0.1) is 0 Å². The van der Waals surface area contributed by atoms with Crippen LogP contribution in [0.15, 0.2) is 53.5 Å². The van der Waals surface area contributed by atoms with Crippen LogP contribution in [-0.4, -0.2) is 12.2 Å². The second-order valence-corrected chi connectivity index (χ2v) is 4.34. The first-order valence-electron chi connectivity index (χ1n) is 5.72. The molecule has 0 aliphatic heterocycles. The van der Waals surface area contributed by atoms with E-state index in [9.17, 15) is 9.90 Å². The first-order valence-corrected chi connectivity index (χ1v) is 6.10. The Kier molecular flexibility index (Phi) is 4.31. The van der Waals surface area contributed by atoms with Crippen LogP contribution >= 0.6 is 11.6 Å². The molecule has 0 N–H and O–H groups in total. The molecule has 2 rings (SSSR count). The highest BCUT2D eigenvalue weighted by Gasteiger charge is 2.00. The maximum absolute atomic E-state index is 10.9. The maximum Gasteiger partial charge on any atom is 0.0721 e. The Morgan fingerprint density at radius 3 is 2.58 bits per heavy atom. The number of halogens is 1. The Labute approximate surface area is 116 Å². The molecule has 96 valence electrons. The van der Waals surface area contributed by atoms with Crippen molar-refractivity contribution in [2.24, 2.45) is 4.99 Å². The van der Waals surface area contributed by atoms with Crippen molar-refractivity contribution in [1.29, 1.82) is 0 Å². The number of nitrogens with zero attached hydrogens (tertiary/aromatic N) is 1. The third-order valence-electron chi connectivity index (χ3n) is 2.63. The molecular weight excluding hydrogens is 262 g/mol. The highest BCUT2D eigenvalue weighted by atomic mass is 35.5. The zero-order valence-electron chi connectivity index (χ0n) is 10.0. The van der Waals surface area contributed by atoms with Gasteiger partial charge in [-0.3, -0.25) is 4.99 Å². The Morgan fingerprint density at radius 2 is 1.84 bits per heavy atom. The summed E-state index contributed by atoms with van der Waals surface area (Å²) in [6, 6.07) is 14.0. The molecule has 3 nitrogen and oxygen atoms in total. The Hall–Kier alpha value is -2.13. The lowest BCUT2D eigenvalue weighted by atomic mass is 10.1. The second kappa shape index (κ2) is 6.16. The molecule has 0 saturated heterocycles. The van der Waals surface area contributed by atoms with Gasteiger partial charge in [0.15, 0.2) is 0 Å². The number of hydrogen-bond donors (Lipinski definition) is 0.